The Labute approximate surface area is 279 Å². The molecule has 1 aliphatic rings. The maximum absolute atomic E-state index is 13.2. The van der Waals surface area contributed by atoms with Gasteiger partial charge in [-0.05, 0) is 54.5 Å². The normalized spacial score (nSPS) is 13.1. The van der Waals surface area contributed by atoms with Gasteiger partial charge in [0.1, 0.15) is 35.5 Å². The van der Waals surface area contributed by atoms with Crippen LogP contribution in [0, 0.1) is 11.3 Å². The lowest BCUT2D eigenvalue weighted by Gasteiger charge is -2.14. The predicted octanol–water partition coefficient (Wildman–Crippen LogP) is 7.90. The number of alkyl halides is 6. The largest absolute Gasteiger partial charge is 0.490 e. The molecular weight excluding hydrogens is 682 g/mol. The fraction of sp³-hybridized carbons (Fsp3) is 0.156. The lowest BCUT2D eigenvalue weighted by molar-refractivity contribution is -0.192. The monoisotopic (exact) mass is 704 g/mol. The van der Waals surface area contributed by atoms with Gasteiger partial charge in [-0.15, -0.1) is 0 Å². The summed E-state index contributed by atoms with van der Waals surface area (Å²) in [6.07, 6.45) is -6.18. The van der Waals surface area contributed by atoms with Crippen molar-refractivity contribution in [3.8, 4) is 17.6 Å². The summed E-state index contributed by atoms with van der Waals surface area (Å²) in [5.41, 5.74) is 1.29. The van der Waals surface area contributed by atoms with Crippen molar-refractivity contribution in [2.45, 2.75) is 24.8 Å². The number of halogens is 7. The number of nitriles is 1. The summed E-state index contributed by atoms with van der Waals surface area (Å²) in [6, 6.07) is 19.4. The number of ether oxygens (including phenoxy) is 1. The first-order chi connectivity index (χ1) is 23.2. The third-order valence-electron chi connectivity index (χ3n) is 6.54. The second kappa shape index (κ2) is 15.4. The van der Waals surface area contributed by atoms with Gasteiger partial charge >= 0.3 is 18.3 Å². The summed E-state index contributed by atoms with van der Waals surface area (Å²) in [5.74, 6) is -2.12. The summed E-state index contributed by atoms with van der Waals surface area (Å²) in [6.45, 7) is 0.429. The zero-order valence-electron chi connectivity index (χ0n) is 24.7. The molecule has 4 N–H and O–H groups in total. The van der Waals surface area contributed by atoms with E-state index in [0.29, 0.717) is 47.0 Å². The number of amides is 1. The Morgan fingerprint density at radius 3 is 2.35 bits per heavy atom. The Morgan fingerprint density at radius 1 is 1.00 bits per heavy atom. The molecule has 254 valence electrons. The maximum Gasteiger partial charge on any atom is 0.490 e. The average molecular weight is 705 g/mol. The van der Waals surface area contributed by atoms with Crippen LogP contribution in [0.4, 0.5) is 43.7 Å². The first-order valence-corrected chi connectivity index (χ1v) is 14.3. The Morgan fingerprint density at radius 2 is 1.71 bits per heavy atom. The number of benzene rings is 3. The lowest BCUT2D eigenvalue weighted by Crippen LogP contribution is -2.29. The van der Waals surface area contributed by atoms with Crippen LogP contribution in [-0.4, -0.2) is 39.7 Å². The fourth-order valence-corrected chi connectivity index (χ4v) is 4.45. The summed E-state index contributed by atoms with van der Waals surface area (Å²) >= 11 is 6.40. The standard InChI is InChI=1S/C30H22ClF3N6O2.C2HF3O2/c31-24-15-21(9-10-26(24)42-22-8-4-7-20(14-22)30(32,33)34)39-28-23-13-19(11-12-36-27(23)37-17-38-28)29(41)40-25(16-35)18-5-2-1-3-6-18;3-2(4,5)1(6)7/h1-10,13-15,17,25H,11-12H2,(H,40,41)(H2,36,37,38,39);(H,6,7). The van der Waals surface area contributed by atoms with Gasteiger partial charge in [0, 0.05) is 17.8 Å². The molecule has 1 aromatic heterocycles. The van der Waals surface area contributed by atoms with Crippen LogP contribution in [0.15, 0.2) is 84.7 Å². The summed E-state index contributed by atoms with van der Waals surface area (Å²) < 4.78 is 76.5. The number of rotatable bonds is 7. The van der Waals surface area contributed by atoms with Crippen LogP contribution in [0.5, 0.6) is 11.5 Å². The van der Waals surface area contributed by atoms with Crippen LogP contribution in [0.25, 0.3) is 6.08 Å². The van der Waals surface area contributed by atoms with Gasteiger partial charge in [0.2, 0.25) is 5.91 Å². The molecular formula is C32H23ClF6N6O4. The van der Waals surface area contributed by atoms with Crippen LogP contribution in [0.1, 0.15) is 29.2 Å². The average Bonchev–Trinajstić information content (AvgIpc) is 3.28. The van der Waals surface area contributed by atoms with Crippen molar-refractivity contribution in [1.82, 2.24) is 15.3 Å². The van der Waals surface area contributed by atoms with E-state index in [-0.39, 0.29) is 16.5 Å². The van der Waals surface area contributed by atoms with E-state index in [1.54, 1.807) is 36.4 Å². The van der Waals surface area contributed by atoms with E-state index in [9.17, 15) is 36.4 Å². The van der Waals surface area contributed by atoms with Crippen LogP contribution in [-0.2, 0) is 15.8 Å². The number of anilines is 3. The van der Waals surface area contributed by atoms with Crippen molar-refractivity contribution in [2.24, 2.45) is 0 Å². The molecule has 4 aromatic rings. The highest BCUT2D eigenvalue weighted by atomic mass is 35.5. The second-order valence-corrected chi connectivity index (χ2v) is 10.4. The minimum absolute atomic E-state index is 0.0125. The summed E-state index contributed by atoms with van der Waals surface area (Å²) in [7, 11) is 0. The smallest absolute Gasteiger partial charge is 0.475 e. The molecule has 0 fully saturated rings. The zero-order valence-corrected chi connectivity index (χ0v) is 25.5. The number of carbonyl (C=O) groups is 2. The van der Waals surface area contributed by atoms with Crippen molar-refractivity contribution in [1.29, 1.82) is 5.26 Å². The highest BCUT2D eigenvalue weighted by molar-refractivity contribution is 6.32. The Hall–Kier alpha value is -5.82. The molecule has 0 saturated heterocycles. The first-order valence-electron chi connectivity index (χ1n) is 13.9. The first kappa shape index (κ1) is 36.0. The molecule has 0 aliphatic carbocycles. The molecule has 0 bridgehead atoms. The molecule has 17 heteroatoms. The third kappa shape index (κ3) is 9.84. The molecule has 0 spiro atoms. The van der Waals surface area contributed by atoms with Crippen LogP contribution in [0.2, 0.25) is 5.02 Å². The van der Waals surface area contributed by atoms with Crippen molar-refractivity contribution < 1.29 is 45.8 Å². The van der Waals surface area contributed by atoms with E-state index in [1.165, 1.54) is 30.6 Å². The number of nitrogens with one attached hydrogen (secondary N) is 3. The van der Waals surface area contributed by atoms with Gasteiger partial charge in [0.25, 0.3) is 0 Å². The van der Waals surface area contributed by atoms with E-state index in [2.05, 4.69) is 32.0 Å². The molecule has 2 heterocycles. The molecule has 1 atom stereocenters. The summed E-state index contributed by atoms with van der Waals surface area (Å²) in [4.78, 5) is 30.7. The van der Waals surface area contributed by atoms with Crippen molar-refractivity contribution >= 4 is 46.9 Å². The quantitative estimate of drug-likeness (QED) is 0.141. The van der Waals surface area contributed by atoms with E-state index < -0.39 is 35.8 Å². The molecule has 1 amide bonds. The highest BCUT2D eigenvalue weighted by Gasteiger charge is 2.38. The number of carboxylic acids is 1. The number of fused-ring (bicyclic) bond motifs is 1. The molecule has 49 heavy (non-hydrogen) atoms. The van der Waals surface area contributed by atoms with Crippen LogP contribution < -0.4 is 20.7 Å². The lowest BCUT2D eigenvalue weighted by atomic mass is 10.1. The van der Waals surface area contributed by atoms with Crippen molar-refractivity contribution in [3.05, 3.63) is 106 Å². The fourth-order valence-electron chi connectivity index (χ4n) is 4.23. The van der Waals surface area contributed by atoms with Gasteiger partial charge in [0.05, 0.1) is 22.2 Å². The van der Waals surface area contributed by atoms with Gasteiger partial charge in [-0.25, -0.2) is 14.8 Å². The number of hydrogen-bond acceptors (Lipinski definition) is 8. The van der Waals surface area contributed by atoms with E-state index in [1.807, 2.05) is 6.07 Å². The number of nitrogens with zero attached hydrogens (tertiary/aromatic N) is 3. The second-order valence-electron chi connectivity index (χ2n) is 9.98. The molecule has 3 aromatic carbocycles. The number of aliphatic carboxylic acids is 1. The number of aromatic nitrogens is 2. The Kier molecular flexibility index (Phi) is 11.3. The predicted molar refractivity (Wildman–Crippen MR) is 166 cm³/mol. The van der Waals surface area contributed by atoms with Crippen LogP contribution >= 0.6 is 11.6 Å². The maximum atomic E-state index is 13.2. The van der Waals surface area contributed by atoms with Gasteiger partial charge in [-0.2, -0.15) is 31.6 Å². The van der Waals surface area contributed by atoms with E-state index >= 15 is 0 Å². The molecule has 1 aliphatic heterocycles. The SMILES string of the molecule is N#CC(NC(=O)C1=Cc2c(ncnc2Nc2ccc(Oc3cccc(C(F)(F)F)c3)c(Cl)c2)NCC1)c1ccccc1.O=C(O)C(F)(F)F. The number of carbonyl (C=O) groups excluding carboxylic acids is 1. The topological polar surface area (TPSA) is 149 Å². The van der Waals surface area contributed by atoms with Crippen LogP contribution in [0.3, 0.4) is 0 Å². The Bertz CT molecular complexity index is 1900. The van der Waals surface area contributed by atoms with E-state index in [4.69, 9.17) is 26.2 Å². The van der Waals surface area contributed by atoms with Gasteiger partial charge in [0.15, 0.2) is 0 Å². The zero-order chi connectivity index (χ0) is 35.8. The Balaban J connectivity index is 0.000000698. The van der Waals surface area contributed by atoms with Gasteiger partial charge in [-0.1, -0.05) is 48.0 Å². The molecule has 0 radical (unpaired) electrons. The van der Waals surface area contributed by atoms with E-state index in [0.717, 1.165) is 12.1 Å². The molecule has 0 saturated carbocycles. The minimum atomic E-state index is -5.08. The highest BCUT2D eigenvalue weighted by Crippen LogP contribution is 2.37. The van der Waals surface area contributed by atoms with Crippen molar-refractivity contribution in [2.75, 3.05) is 17.2 Å². The van der Waals surface area contributed by atoms with Gasteiger partial charge < -0.3 is 25.8 Å². The molecule has 5 rings (SSSR count). The third-order valence-corrected chi connectivity index (χ3v) is 6.84. The van der Waals surface area contributed by atoms with Gasteiger partial charge in [-0.3, -0.25) is 4.79 Å². The van der Waals surface area contributed by atoms with Crippen molar-refractivity contribution in [3.63, 3.8) is 0 Å². The summed E-state index contributed by atoms with van der Waals surface area (Å²) in [5, 5.41) is 26.0. The number of carboxylic acid groups (broad SMARTS) is 1. The molecule has 1 unspecified atom stereocenters. The number of hydrogen-bond donors (Lipinski definition) is 4. The molecule has 10 nitrogen and oxygen atoms in total. The minimum Gasteiger partial charge on any atom is -0.475 e.